The summed E-state index contributed by atoms with van der Waals surface area (Å²) in [6, 6.07) is 0. The maximum atomic E-state index is 8.74. The Balaban J connectivity index is -0.0000000267. The smallest absolute Gasteiger partial charge is 0.693 e. The molecule has 0 saturated carbocycles. The minimum atomic E-state index is -4.67. The summed E-state index contributed by atoms with van der Waals surface area (Å²) in [5.41, 5.74) is 0. The summed E-state index contributed by atoms with van der Waals surface area (Å²) in [5.74, 6) is 0. The van der Waals surface area contributed by atoms with Gasteiger partial charge >= 0.3 is 30.8 Å². The van der Waals surface area contributed by atoms with Crippen LogP contribution in [0.5, 0.6) is 0 Å². The first-order valence-electron chi connectivity index (χ1n) is 0.698. The Hall–Kier alpha value is 0.452. The van der Waals surface area contributed by atoms with Gasteiger partial charge in [0.15, 0.2) is 0 Å². The van der Waals surface area contributed by atoms with Crippen LogP contribution in [0.1, 0.15) is 0 Å². The summed E-state index contributed by atoms with van der Waals surface area (Å²) in [4.78, 5) is 0. The van der Waals surface area contributed by atoms with E-state index < -0.39 is 10.4 Å². The number of nitrogens with two attached hydrogens (primary N) is 2. The van der Waals surface area contributed by atoms with Crippen LogP contribution in [-0.2, 0) is 30.8 Å². The predicted molar refractivity (Wildman–Crippen MR) is 24.7 cm³/mol. The van der Waals surface area contributed by atoms with E-state index in [0.29, 0.717) is 0 Å². The Morgan fingerprint density at radius 2 is 1.00 bits per heavy atom. The van der Waals surface area contributed by atoms with Crippen molar-refractivity contribution >= 4 is 10.4 Å². The van der Waals surface area contributed by atoms with Gasteiger partial charge in [0.05, 0.1) is 0 Å². The van der Waals surface area contributed by atoms with Gasteiger partial charge in [0.25, 0.3) is 0 Å². The van der Waals surface area contributed by atoms with Crippen molar-refractivity contribution < 1.29 is 37.9 Å². The van der Waals surface area contributed by atoms with Crippen molar-refractivity contribution in [3.8, 4) is 0 Å². The van der Waals surface area contributed by atoms with E-state index >= 15 is 0 Å². The summed E-state index contributed by atoms with van der Waals surface area (Å²) in [5, 5.41) is 0. The minimum absolute atomic E-state index is 0. The normalized spacial score (nSPS) is 7.25. The topological polar surface area (TPSA) is 142 Å². The zero-order chi connectivity index (χ0) is 4.50. The average Bonchev–Trinajstić information content (AvgIpc) is 0.722. The largest absolute Gasteiger partial charge is 2.00 e. The maximum Gasteiger partial charge on any atom is 2.00 e. The molecule has 0 aromatic heterocycles. The van der Waals surface area contributed by atoms with Crippen LogP contribution in [0.2, 0.25) is 0 Å². The Kier molecular flexibility index (Phi) is 22.1. The molecule has 0 bridgehead atoms. The van der Waals surface area contributed by atoms with Gasteiger partial charge < -0.3 is 12.3 Å². The fraction of sp³-hybridized carbons (Fsp3) is 0. The monoisotopic (exact) mass is 236 g/mol. The molecule has 0 fully saturated rings. The average molecular weight is 237 g/mol. The summed E-state index contributed by atoms with van der Waals surface area (Å²) >= 11 is 0. The van der Waals surface area contributed by atoms with Gasteiger partial charge in [-0.05, 0) is 0 Å². The first kappa shape index (κ1) is 23.7. The third-order valence-electron chi connectivity index (χ3n) is 0. The van der Waals surface area contributed by atoms with Crippen molar-refractivity contribution in [2.45, 2.75) is 0 Å². The van der Waals surface area contributed by atoms with Crippen molar-refractivity contribution in [1.29, 1.82) is 0 Å². The van der Waals surface area contributed by atoms with Crippen LogP contribution in [0, 0.1) is 0 Å². The molecule has 6 nitrogen and oxygen atoms in total. The van der Waals surface area contributed by atoms with Crippen molar-refractivity contribution in [2.75, 3.05) is 0 Å². The molecule has 0 aliphatic carbocycles. The molecular weight excluding hydrogens is 230 g/mol. The molecule has 0 aromatic carbocycles. The fourth-order valence-corrected chi connectivity index (χ4v) is 0. The molecule has 8 heavy (non-hydrogen) atoms. The van der Waals surface area contributed by atoms with E-state index in [1.54, 1.807) is 0 Å². The Labute approximate surface area is 61.1 Å². The second-order valence-corrected chi connectivity index (χ2v) is 1.34. The second-order valence-electron chi connectivity index (χ2n) is 0.448. The SMILES string of the molecule is O=S(=O)(O)O.[NH2-].[NH2-].[Pd+2]. The molecule has 0 rings (SSSR count). The molecule has 0 aromatic rings. The summed E-state index contributed by atoms with van der Waals surface area (Å²) in [6.45, 7) is 0. The predicted octanol–water partition coefficient (Wildman–Crippen LogP) is 0.779. The van der Waals surface area contributed by atoms with Crippen molar-refractivity contribution in [3.05, 3.63) is 12.3 Å². The van der Waals surface area contributed by atoms with Gasteiger partial charge in [-0.2, -0.15) is 8.42 Å². The third-order valence-corrected chi connectivity index (χ3v) is 0. The Morgan fingerprint density at radius 3 is 1.00 bits per heavy atom. The molecule has 0 aliphatic rings. The zero-order valence-corrected chi connectivity index (χ0v) is 5.96. The molecule has 8 heteroatoms. The summed E-state index contributed by atoms with van der Waals surface area (Å²) < 4.78 is 31.6. The molecule has 0 aliphatic heterocycles. The molecule has 0 heterocycles. The van der Waals surface area contributed by atoms with E-state index in [1.165, 1.54) is 0 Å². The van der Waals surface area contributed by atoms with Crippen LogP contribution in [0.15, 0.2) is 0 Å². The van der Waals surface area contributed by atoms with Gasteiger partial charge in [-0.3, -0.25) is 9.11 Å². The molecule has 6 N–H and O–H groups in total. The van der Waals surface area contributed by atoms with E-state index in [0.717, 1.165) is 0 Å². The van der Waals surface area contributed by atoms with E-state index in [-0.39, 0.29) is 32.7 Å². The van der Waals surface area contributed by atoms with Crippen LogP contribution in [0.4, 0.5) is 0 Å². The van der Waals surface area contributed by atoms with Gasteiger partial charge in [0, 0.05) is 0 Å². The van der Waals surface area contributed by atoms with Crippen LogP contribution >= 0.6 is 0 Å². The van der Waals surface area contributed by atoms with Crippen LogP contribution in [0.25, 0.3) is 12.3 Å². The molecule has 0 spiro atoms. The van der Waals surface area contributed by atoms with Crippen molar-refractivity contribution in [3.63, 3.8) is 0 Å². The molecular formula is H6N2O4PdS. The zero-order valence-electron chi connectivity index (χ0n) is 3.59. The van der Waals surface area contributed by atoms with Gasteiger partial charge in [-0.15, -0.1) is 0 Å². The van der Waals surface area contributed by atoms with Gasteiger partial charge in [0.2, 0.25) is 0 Å². The Morgan fingerprint density at radius 1 is 1.00 bits per heavy atom. The van der Waals surface area contributed by atoms with Crippen molar-refractivity contribution in [1.82, 2.24) is 0 Å². The van der Waals surface area contributed by atoms with E-state index in [2.05, 4.69) is 0 Å². The molecule has 0 amide bonds. The summed E-state index contributed by atoms with van der Waals surface area (Å²) in [7, 11) is -4.67. The second kappa shape index (κ2) is 7.45. The molecule has 0 saturated heterocycles. The quantitative estimate of drug-likeness (QED) is 0.473. The number of hydrogen-bond donors (Lipinski definition) is 2. The van der Waals surface area contributed by atoms with E-state index in [9.17, 15) is 0 Å². The molecule has 0 radical (unpaired) electrons. The van der Waals surface area contributed by atoms with Crippen molar-refractivity contribution in [2.24, 2.45) is 0 Å². The first-order chi connectivity index (χ1) is 2.00. The fourth-order valence-electron chi connectivity index (χ4n) is 0. The maximum absolute atomic E-state index is 8.74. The van der Waals surface area contributed by atoms with E-state index in [1.807, 2.05) is 0 Å². The summed E-state index contributed by atoms with van der Waals surface area (Å²) in [6.07, 6.45) is 0. The van der Waals surface area contributed by atoms with Crippen LogP contribution in [-0.4, -0.2) is 17.5 Å². The Bertz CT molecular complexity index is 97.2. The molecule has 56 valence electrons. The third kappa shape index (κ3) is 937. The first-order valence-corrected chi connectivity index (χ1v) is 2.10. The van der Waals surface area contributed by atoms with Crippen LogP contribution < -0.4 is 0 Å². The standard InChI is InChI=1S/2H2N.H2O4S.Pd/c;;1-5(2,3)4;/h2*1H2;(H2,1,2,3,4);/q2*-1;;+2. The van der Waals surface area contributed by atoms with E-state index in [4.69, 9.17) is 17.5 Å². The number of hydrogen-bond acceptors (Lipinski definition) is 2. The van der Waals surface area contributed by atoms with Crippen LogP contribution in [0.3, 0.4) is 0 Å². The minimum Gasteiger partial charge on any atom is -0.693 e. The van der Waals surface area contributed by atoms with Gasteiger partial charge in [-0.25, -0.2) is 0 Å². The molecule has 0 atom stereocenters. The number of rotatable bonds is 0. The van der Waals surface area contributed by atoms with Gasteiger partial charge in [0.1, 0.15) is 0 Å². The molecule has 0 unspecified atom stereocenters. The van der Waals surface area contributed by atoms with Gasteiger partial charge in [-0.1, -0.05) is 0 Å².